The first-order chi connectivity index (χ1) is 26.0. The molecule has 0 aliphatic rings. The zero-order valence-electron chi connectivity index (χ0n) is 35.7. The van der Waals surface area contributed by atoms with Crippen molar-refractivity contribution < 1.29 is 42.1 Å². The van der Waals surface area contributed by atoms with Crippen molar-refractivity contribution >= 4 is 19.8 Å². The third-order valence-electron chi connectivity index (χ3n) is 9.42. The average molecular weight is 787 g/mol. The van der Waals surface area contributed by atoms with Gasteiger partial charge in [0.15, 0.2) is 6.10 Å². The Kier molecular flexibility index (Phi) is 36.1. The minimum absolute atomic E-state index is 0.0327. The van der Waals surface area contributed by atoms with E-state index in [0.29, 0.717) is 17.4 Å². The van der Waals surface area contributed by atoms with Crippen molar-refractivity contribution in [2.45, 2.75) is 200 Å². The molecule has 9 nitrogen and oxygen atoms in total. The second-order valence-corrected chi connectivity index (χ2v) is 17.5. The number of carbonyl (C=O) groups is 2. The largest absolute Gasteiger partial charge is 0.472 e. The highest BCUT2D eigenvalue weighted by Gasteiger charge is 2.27. The molecule has 0 saturated heterocycles. The lowest BCUT2D eigenvalue weighted by molar-refractivity contribution is -0.870. The molecule has 0 aromatic heterocycles. The number of esters is 2. The summed E-state index contributed by atoms with van der Waals surface area (Å²) in [7, 11) is 1.48. The summed E-state index contributed by atoms with van der Waals surface area (Å²) in [5, 5.41) is 0. The molecule has 0 aliphatic heterocycles. The van der Waals surface area contributed by atoms with E-state index in [1.165, 1.54) is 128 Å². The predicted molar refractivity (Wildman–Crippen MR) is 224 cm³/mol. The van der Waals surface area contributed by atoms with Crippen LogP contribution in [-0.2, 0) is 32.7 Å². The number of hydrogen-bond donors (Lipinski definition) is 1. The molecule has 1 N–H and O–H groups in total. The highest BCUT2D eigenvalue weighted by molar-refractivity contribution is 7.47. The normalized spacial score (nSPS) is 13.8. The second kappa shape index (κ2) is 37.1. The Hall–Kier alpha value is -1.51. The molecule has 0 saturated carbocycles. The van der Waals surface area contributed by atoms with Gasteiger partial charge in [-0.1, -0.05) is 154 Å². The van der Waals surface area contributed by atoms with E-state index in [1.54, 1.807) is 0 Å². The van der Waals surface area contributed by atoms with E-state index in [-0.39, 0.29) is 32.0 Å². The Labute approximate surface area is 332 Å². The van der Waals surface area contributed by atoms with E-state index in [4.69, 9.17) is 18.5 Å². The van der Waals surface area contributed by atoms with Crippen LogP contribution in [0.5, 0.6) is 0 Å². The van der Waals surface area contributed by atoms with Gasteiger partial charge >= 0.3 is 19.8 Å². The van der Waals surface area contributed by atoms with Crippen LogP contribution in [0.15, 0.2) is 24.3 Å². The summed E-state index contributed by atoms with van der Waals surface area (Å²) in [4.78, 5) is 35.3. The van der Waals surface area contributed by atoms with Crippen molar-refractivity contribution in [1.29, 1.82) is 0 Å². The van der Waals surface area contributed by atoms with Crippen LogP contribution < -0.4 is 0 Å². The number of nitrogens with zero attached hydrogens (tertiary/aromatic N) is 1. The third-order valence-corrected chi connectivity index (χ3v) is 10.4. The molecule has 2 atom stereocenters. The average Bonchev–Trinajstić information content (AvgIpc) is 3.12. The van der Waals surface area contributed by atoms with Crippen LogP contribution in [0.4, 0.5) is 0 Å². The second-order valence-electron chi connectivity index (χ2n) is 16.1. The molecule has 10 heteroatoms. The lowest BCUT2D eigenvalue weighted by atomic mass is 10.0. The van der Waals surface area contributed by atoms with Crippen LogP contribution in [-0.4, -0.2) is 74.9 Å². The standard InChI is InChI=1S/C44H84NO8P/c1-6-8-10-12-14-16-18-20-22-24-26-28-30-32-34-36-43(46)50-40-42(41-52-54(48,49)51-39-38-45(3,4)5)53-44(47)37-35-33-31-29-27-25-23-21-19-17-15-13-11-9-7-2/h10-13,42H,6-9,14-41H2,1-5H3/p+1/b12-10-,13-11-/t42-/m1/s1. The van der Waals surface area contributed by atoms with E-state index >= 15 is 0 Å². The van der Waals surface area contributed by atoms with Crippen molar-refractivity contribution in [2.24, 2.45) is 0 Å². The predicted octanol–water partition coefficient (Wildman–Crippen LogP) is 12.4. The molecule has 0 aromatic rings. The molecular formula is C44H85NO8P+. The molecule has 0 aliphatic carbocycles. The fourth-order valence-corrected chi connectivity index (χ4v) is 6.70. The lowest BCUT2D eigenvalue weighted by Gasteiger charge is -2.24. The SMILES string of the molecule is CCC/C=C\CCCCCCCCCCCCC(=O)OC[C@H](COP(=O)(O)OCC[N+](C)(C)C)OC(=O)CCCCCCCCCCCC/C=C\CCC. The zero-order valence-corrected chi connectivity index (χ0v) is 36.6. The Bertz CT molecular complexity index is 980. The van der Waals surface area contributed by atoms with Gasteiger partial charge in [0.2, 0.25) is 0 Å². The molecule has 0 heterocycles. The summed E-state index contributed by atoms with van der Waals surface area (Å²) in [6.45, 7) is 4.34. The Morgan fingerprint density at radius 2 is 0.944 bits per heavy atom. The number of likely N-dealkylation sites (N-methyl/N-ethyl adjacent to an activating group) is 1. The third kappa shape index (κ3) is 40.2. The van der Waals surface area contributed by atoms with E-state index < -0.39 is 26.5 Å². The molecule has 0 spiro atoms. The highest BCUT2D eigenvalue weighted by Crippen LogP contribution is 2.43. The number of rotatable bonds is 40. The molecule has 0 rings (SSSR count). The summed E-state index contributed by atoms with van der Waals surface area (Å²) in [6, 6.07) is 0. The van der Waals surface area contributed by atoms with Crippen LogP contribution in [0.3, 0.4) is 0 Å². The first-order valence-electron chi connectivity index (χ1n) is 22.1. The number of unbranched alkanes of at least 4 members (excludes halogenated alkanes) is 22. The number of phosphoric acid groups is 1. The monoisotopic (exact) mass is 787 g/mol. The lowest BCUT2D eigenvalue weighted by Crippen LogP contribution is -2.37. The van der Waals surface area contributed by atoms with Gasteiger partial charge in [-0.15, -0.1) is 0 Å². The van der Waals surface area contributed by atoms with Crippen molar-refractivity contribution in [3.63, 3.8) is 0 Å². The molecule has 0 fully saturated rings. The smallest absolute Gasteiger partial charge is 0.462 e. The maximum Gasteiger partial charge on any atom is 0.472 e. The van der Waals surface area contributed by atoms with Gasteiger partial charge in [-0.3, -0.25) is 18.6 Å². The van der Waals surface area contributed by atoms with E-state index in [9.17, 15) is 19.0 Å². The first kappa shape index (κ1) is 52.5. The molecule has 1 unspecified atom stereocenters. The summed E-state index contributed by atoms with van der Waals surface area (Å²) >= 11 is 0. The molecule has 0 radical (unpaired) electrons. The number of quaternary nitrogens is 1. The zero-order chi connectivity index (χ0) is 40.0. The summed E-state index contributed by atoms with van der Waals surface area (Å²) in [5.41, 5.74) is 0. The Balaban J connectivity index is 4.33. The van der Waals surface area contributed by atoms with Crippen LogP contribution >= 0.6 is 7.82 Å². The summed E-state index contributed by atoms with van der Waals surface area (Å²) in [5.74, 6) is -0.797. The van der Waals surface area contributed by atoms with Gasteiger partial charge in [-0.25, -0.2) is 4.57 Å². The highest BCUT2D eigenvalue weighted by atomic mass is 31.2. The van der Waals surface area contributed by atoms with Gasteiger partial charge in [0, 0.05) is 12.8 Å². The number of phosphoric ester groups is 1. The molecular weight excluding hydrogens is 701 g/mol. The van der Waals surface area contributed by atoms with Gasteiger partial charge in [-0.2, -0.15) is 0 Å². The van der Waals surface area contributed by atoms with Crippen molar-refractivity contribution in [2.75, 3.05) is 47.5 Å². The van der Waals surface area contributed by atoms with Gasteiger partial charge in [0.05, 0.1) is 27.7 Å². The fraction of sp³-hybridized carbons (Fsp3) is 0.864. The van der Waals surface area contributed by atoms with Crippen molar-refractivity contribution in [3.05, 3.63) is 24.3 Å². The molecule has 0 aromatic carbocycles. The topological polar surface area (TPSA) is 108 Å². The van der Waals surface area contributed by atoms with Crippen molar-refractivity contribution in [3.8, 4) is 0 Å². The Morgan fingerprint density at radius 3 is 1.37 bits per heavy atom. The van der Waals surface area contributed by atoms with Gasteiger partial charge in [0.25, 0.3) is 0 Å². The minimum atomic E-state index is -4.37. The number of carbonyl (C=O) groups excluding carboxylic acids is 2. The number of allylic oxidation sites excluding steroid dienone is 4. The number of hydrogen-bond acceptors (Lipinski definition) is 7. The van der Waals surface area contributed by atoms with Crippen molar-refractivity contribution in [1.82, 2.24) is 0 Å². The molecule has 318 valence electrons. The number of ether oxygens (including phenoxy) is 2. The molecule has 0 bridgehead atoms. The first-order valence-corrected chi connectivity index (χ1v) is 23.6. The van der Waals surface area contributed by atoms with E-state index in [0.717, 1.165) is 32.1 Å². The summed E-state index contributed by atoms with van der Waals surface area (Å²) < 4.78 is 34.3. The van der Waals surface area contributed by atoms with Gasteiger partial charge in [-0.05, 0) is 51.4 Å². The maximum atomic E-state index is 12.7. The molecule has 0 amide bonds. The van der Waals surface area contributed by atoms with Gasteiger partial charge < -0.3 is 18.9 Å². The Morgan fingerprint density at radius 1 is 0.556 bits per heavy atom. The van der Waals surface area contributed by atoms with E-state index in [2.05, 4.69) is 38.2 Å². The van der Waals surface area contributed by atoms with Gasteiger partial charge in [0.1, 0.15) is 19.8 Å². The summed E-state index contributed by atoms with van der Waals surface area (Å²) in [6.07, 6.45) is 39.3. The van der Waals surface area contributed by atoms with Crippen LogP contribution in [0.1, 0.15) is 194 Å². The van der Waals surface area contributed by atoms with Crippen LogP contribution in [0, 0.1) is 0 Å². The minimum Gasteiger partial charge on any atom is -0.462 e. The fourth-order valence-electron chi connectivity index (χ4n) is 5.96. The van der Waals surface area contributed by atoms with Crippen LogP contribution in [0.2, 0.25) is 0 Å². The van der Waals surface area contributed by atoms with Crippen LogP contribution in [0.25, 0.3) is 0 Å². The maximum absolute atomic E-state index is 12.7. The van der Waals surface area contributed by atoms with E-state index in [1.807, 2.05) is 21.1 Å². The molecule has 54 heavy (non-hydrogen) atoms. The quantitative estimate of drug-likeness (QED) is 0.0215.